The van der Waals surface area contributed by atoms with Crippen LogP contribution in [0.25, 0.3) is 0 Å². The molecule has 0 saturated heterocycles. The number of rotatable bonds is 8. The van der Waals surface area contributed by atoms with Crippen LogP contribution in [0.4, 0.5) is 0 Å². The van der Waals surface area contributed by atoms with Crippen molar-refractivity contribution in [2.45, 2.75) is 56.3 Å². The highest BCUT2D eigenvalue weighted by Crippen LogP contribution is 2.37. The van der Waals surface area contributed by atoms with Gasteiger partial charge in [-0.1, -0.05) is 25.1 Å². The lowest BCUT2D eigenvalue weighted by molar-refractivity contribution is -0.146. The van der Waals surface area contributed by atoms with Crippen molar-refractivity contribution in [1.29, 1.82) is 0 Å². The van der Waals surface area contributed by atoms with Crippen molar-refractivity contribution in [3.8, 4) is 0 Å². The van der Waals surface area contributed by atoms with Gasteiger partial charge >= 0.3 is 5.97 Å². The van der Waals surface area contributed by atoms with E-state index in [0.29, 0.717) is 24.0 Å². The first-order valence-electron chi connectivity index (χ1n) is 7.03. The molecule has 0 aromatic carbocycles. The SMILES string of the molecule is CCCC(C)(NC(=O)CSc1nncn1C1CC1)C(=O)O. The molecule has 1 amide bonds. The lowest BCUT2D eigenvalue weighted by Crippen LogP contribution is -2.52. The summed E-state index contributed by atoms with van der Waals surface area (Å²) < 4.78 is 1.97. The highest BCUT2D eigenvalue weighted by atomic mass is 32.2. The summed E-state index contributed by atoms with van der Waals surface area (Å²) in [5.74, 6) is -1.18. The van der Waals surface area contributed by atoms with E-state index in [1.165, 1.54) is 18.7 Å². The zero-order valence-corrected chi connectivity index (χ0v) is 13.0. The first-order valence-corrected chi connectivity index (χ1v) is 8.01. The molecule has 21 heavy (non-hydrogen) atoms. The molecule has 1 fully saturated rings. The fourth-order valence-electron chi connectivity index (χ4n) is 2.14. The standard InChI is InChI=1S/C13H20N4O3S/c1-3-6-13(2,11(19)20)15-10(18)7-21-12-16-14-8-17(12)9-4-5-9/h8-9H,3-7H2,1-2H3,(H,15,18)(H,19,20). The fraction of sp³-hybridized carbons (Fsp3) is 0.692. The predicted molar refractivity (Wildman–Crippen MR) is 78.1 cm³/mol. The number of carboxylic acids is 1. The molecule has 2 N–H and O–H groups in total. The lowest BCUT2D eigenvalue weighted by atomic mass is 9.96. The molecule has 1 saturated carbocycles. The van der Waals surface area contributed by atoms with Crippen LogP contribution in [-0.4, -0.2) is 43.0 Å². The maximum atomic E-state index is 12.0. The quantitative estimate of drug-likeness (QED) is 0.705. The highest BCUT2D eigenvalue weighted by Gasteiger charge is 2.34. The van der Waals surface area contributed by atoms with Gasteiger partial charge in [-0.15, -0.1) is 10.2 Å². The van der Waals surface area contributed by atoms with E-state index >= 15 is 0 Å². The summed E-state index contributed by atoms with van der Waals surface area (Å²) in [5.41, 5.74) is -1.21. The molecule has 0 spiro atoms. The molecule has 1 aliphatic rings. The summed E-state index contributed by atoms with van der Waals surface area (Å²) in [6, 6.07) is 0.454. The smallest absolute Gasteiger partial charge is 0.329 e. The molecule has 7 nitrogen and oxygen atoms in total. The van der Waals surface area contributed by atoms with Gasteiger partial charge < -0.3 is 15.0 Å². The molecule has 1 aromatic heterocycles. The number of hydrogen-bond acceptors (Lipinski definition) is 5. The number of aromatic nitrogens is 3. The van der Waals surface area contributed by atoms with Crippen molar-refractivity contribution >= 4 is 23.6 Å². The normalized spacial score (nSPS) is 17.2. The van der Waals surface area contributed by atoms with Gasteiger partial charge in [0.25, 0.3) is 0 Å². The molecule has 1 aromatic rings. The highest BCUT2D eigenvalue weighted by molar-refractivity contribution is 7.99. The second-order valence-corrected chi connectivity index (χ2v) is 6.42. The zero-order chi connectivity index (χ0) is 15.5. The predicted octanol–water partition coefficient (Wildman–Crippen LogP) is 1.46. The second-order valence-electron chi connectivity index (χ2n) is 5.48. The Labute approximate surface area is 127 Å². The van der Waals surface area contributed by atoms with E-state index in [1.54, 1.807) is 6.33 Å². The van der Waals surface area contributed by atoms with Gasteiger partial charge in [0.2, 0.25) is 5.91 Å². The van der Waals surface area contributed by atoms with Gasteiger partial charge in [-0.3, -0.25) is 4.79 Å². The third kappa shape index (κ3) is 3.96. The Bertz CT molecular complexity index is 529. The number of aliphatic carboxylic acids is 1. The van der Waals surface area contributed by atoms with Gasteiger partial charge in [-0.05, 0) is 26.2 Å². The van der Waals surface area contributed by atoms with Crippen molar-refractivity contribution in [2.75, 3.05) is 5.75 Å². The summed E-state index contributed by atoms with van der Waals surface area (Å²) in [7, 11) is 0. The van der Waals surface area contributed by atoms with E-state index < -0.39 is 11.5 Å². The third-order valence-corrected chi connectivity index (χ3v) is 4.41. The molecular formula is C13H20N4O3S. The Kier molecular flexibility index (Phi) is 4.87. The van der Waals surface area contributed by atoms with E-state index in [0.717, 1.165) is 12.8 Å². The van der Waals surface area contributed by atoms with Gasteiger partial charge in [-0.25, -0.2) is 4.79 Å². The summed E-state index contributed by atoms with van der Waals surface area (Å²) in [4.78, 5) is 23.3. The number of hydrogen-bond donors (Lipinski definition) is 2. The van der Waals surface area contributed by atoms with Crippen LogP contribution in [-0.2, 0) is 9.59 Å². The number of amides is 1. The van der Waals surface area contributed by atoms with Gasteiger partial charge in [0.05, 0.1) is 5.75 Å². The van der Waals surface area contributed by atoms with E-state index in [1.807, 2.05) is 11.5 Å². The van der Waals surface area contributed by atoms with Crippen LogP contribution in [0.3, 0.4) is 0 Å². The van der Waals surface area contributed by atoms with Crippen molar-refractivity contribution in [1.82, 2.24) is 20.1 Å². The monoisotopic (exact) mass is 312 g/mol. The van der Waals surface area contributed by atoms with Crippen LogP contribution >= 0.6 is 11.8 Å². The summed E-state index contributed by atoms with van der Waals surface area (Å²) in [6.45, 7) is 3.42. The Hall–Kier alpha value is -1.57. The lowest BCUT2D eigenvalue weighted by Gasteiger charge is -2.25. The molecule has 0 aliphatic heterocycles. The summed E-state index contributed by atoms with van der Waals surface area (Å²) in [6.07, 6.45) is 5.00. The number of carbonyl (C=O) groups is 2. The number of nitrogens with one attached hydrogen (secondary N) is 1. The van der Waals surface area contributed by atoms with E-state index in [-0.39, 0.29) is 11.7 Å². The zero-order valence-electron chi connectivity index (χ0n) is 12.2. The van der Waals surface area contributed by atoms with Crippen LogP contribution in [0.5, 0.6) is 0 Å². The van der Waals surface area contributed by atoms with Crippen molar-refractivity contribution in [2.24, 2.45) is 0 Å². The average Bonchev–Trinajstić information content (AvgIpc) is 3.15. The van der Waals surface area contributed by atoms with Gasteiger partial charge in [0.1, 0.15) is 11.9 Å². The molecular weight excluding hydrogens is 292 g/mol. The number of carbonyl (C=O) groups excluding carboxylic acids is 1. The van der Waals surface area contributed by atoms with Crippen LogP contribution in [0, 0.1) is 0 Å². The van der Waals surface area contributed by atoms with Crippen LogP contribution in [0.1, 0.15) is 45.6 Å². The second kappa shape index (κ2) is 6.46. The Morgan fingerprint density at radius 1 is 1.57 bits per heavy atom. The molecule has 2 rings (SSSR count). The topological polar surface area (TPSA) is 97.1 Å². The first kappa shape index (κ1) is 15.8. The van der Waals surface area contributed by atoms with Gasteiger partial charge in [-0.2, -0.15) is 0 Å². The molecule has 8 heteroatoms. The van der Waals surface area contributed by atoms with E-state index in [9.17, 15) is 14.7 Å². The Morgan fingerprint density at radius 2 is 2.29 bits per heavy atom. The minimum absolute atomic E-state index is 0.137. The Morgan fingerprint density at radius 3 is 2.86 bits per heavy atom. The van der Waals surface area contributed by atoms with Gasteiger partial charge in [0.15, 0.2) is 5.16 Å². The van der Waals surface area contributed by atoms with Crippen LogP contribution < -0.4 is 5.32 Å². The minimum Gasteiger partial charge on any atom is -0.480 e. The van der Waals surface area contributed by atoms with Crippen molar-refractivity contribution in [3.63, 3.8) is 0 Å². The van der Waals surface area contributed by atoms with Crippen LogP contribution in [0.2, 0.25) is 0 Å². The third-order valence-electron chi connectivity index (χ3n) is 3.45. The molecule has 1 unspecified atom stereocenters. The fourth-order valence-corrected chi connectivity index (χ4v) is 2.92. The molecule has 1 aliphatic carbocycles. The summed E-state index contributed by atoms with van der Waals surface area (Å²) in [5, 5.41) is 20.4. The number of carboxylic acid groups (broad SMARTS) is 1. The molecule has 1 heterocycles. The van der Waals surface area contributed by atoms with Crippen molar-refractivity contribution < 1.29 is 14.7 Å². The largest absolute Gasteiger partial charge is 0.480 e. The van der Waals surface area contributed by atoms with Gasteiger partial charge in [0, 0.05) is 6.04 Å². The molecule has 0 bridgehead atoms. The van der Waals surface area contributed by atoms with Crippen molar-refractivity contribution in [3.05, 3.63) is 6.33 Å². The van der Waals surface area contributed by atoms with Crippen LogP contribution in [0.15, 0.2) is 11.5 Å². The maximum absolute atomic E-state index is 12.0. The molecule has 0 radical (unpaired) electrons. The Balaban J connectivity index is 1.89. The molecule has 116 valence electrons. The van der Waals surface area contributed by atoms with E-state index in [2.05, 4.69) is 15.5 Å². The van der Waals surface area contributed by atoms with E-state index in [4.69, 9.17) is 0 Å². The average molecular weight is 312 g/mol. The first-order chi connectivity index (χ1) is 9.96. The maximum Gasteiger partial charge on any atom is 0.329 e. The number of nitrogens with zero attached hydrogens (tertiary/aromatic N) is 3. The summed E-state index contributed by atoms with van der Waals surface area (Å²) >= 11 is 1.29. The number of thioether (sulfide) groups is 1. The minimum atomic E-state index is -1.21. The molecule has 1 atom stereocenters.